The number of hydrogen-bond donors (Lipinski definition) is 0. The highest BCUT2D eigenvalue weighted by atomic mass is 28.4. The highest BCUT2D eigenvalue weighted by Gasteiger charge is 2.57. The minimum Gasteiger partial charge on any atom is -0.497 e. The average Bonchev–Trinajstić information content (AvgIpc) is 2.96. The van der Waals surface area contributed by atoms with Gasteiger partial charge >= 0.3 is 0 Å². The largest absolute Gasteiger partial charge is 0.497 e. The smallest absolute Gasteiger partial charge is 0.192 e. The van der Waals surface area contributed by atoms with Crippen LogP contribution in [-0.4, -0.2) is 21.5 Å². The average molecular weight is 413 g/mol. The summed E-state index contributed by atoms with van der Waals surface area (Å²) in [7, 11) is 0.0104. The van der Waals surface area contributed by atoms with Crippen LogP contribution in [0, 0.1) is 17.3 Å². The Morgan fingerprint density at radius 1 is 1.10 bits per heavy atom. The van der Waals surface area contributed by atoms with Gasteiger partial charge < -0.3 is 9.16 Å². The molecule has 4 rings (SSSR count). The Bertz CT molecular complexity index is 818. The van der Waals surface area contributed by atoms with Gasteiger partial charge in [0.15, 0.2) is 8.32 Å². The molecule has 1 aromatic carbocycles. The van der Waals surface area contributed by atoms with E-state index >= 15 is 0 Å². The predicted octanol–water partition coefficient (Wildman–Crippen LogP) is 7.41. The predicted molar refractivity (Wildman–Crippen MR) is 125 cm³/mol. The van der Waals surface area contributed by atoms with Crippen LogP contribution in [0.5, 0.6) is 5.75 Å². The fraction of sp³-hybridized carbons (Fsp3) is 0.692. The second kappa shape index (κ2) is 6.98. The van der Waals surface area contributed by atoms with Crippen LogP contribution in [0.1, 0.15) is 77.3 Å². The molecule has 0 amide bonds. The van der Waals surface area contributed by atoms with Gasteiger partial charge in [-0.1, -0.05) is 45.4 Å². The molecule has 0 bridgehead atoms. The van der Waals surface area contributed by atoms with E-state index in [0.29, 0.717) is 23.4 Å². The Labute approximate surface area is 179 Å². The molecule has 1 aromatic rings. The van der Waals surface area contributed by atoms with Crippen molar-refractivity contribution in [3.05, 3.63) is 34.9 Å². The maximum absolute atomic E-state index is 7.05. The Hall–Kier alpha value is -1.06. The summed E-state index contributed by atoms with van der Waals surface area (Å²) in [6.45, 7) is 16.9. The standard InChI is InChI=1S/C26H40O2Si/c1-17-15-18-16-19(27-6)9-10-20(18)21-13-14-26(5)22(24(17)21)11-12-23(26)28-29(7,8)25(2,3)4/h9-10,15-16,21-24H,11-14H2,1-8H3/t21-,22+,23+,24-,26+/m1/s1. The van der Waals surface area contributed by atoms with Gasteiger partial charge in [-0.05, 0) is 97.2 Å². The first-order chi connectivity index (χ1) is 13.5. The number of rotatable bonds is 3. The Balaban J connectivity index is 1.64. The zero-order valence-corrected chi connectivity index (χ0v) is 20.8. The van der Waals surface area contributed by atoms with E-state index in [1.165, 1.54) is 36.8 Å². The molecule has 2 nitrogen and oxygen atoms in total. The number of methoxy groups -OCH3 is 1. The molecular formula is C26H40O2Si. The molecule has 0 aromatic heterocycles. The highest BCUT2D eigenvalue weighted by molar-refractivity contribution is 6.74. The third-order valence-electron chi connectivity index (χ3n) is 9.03. The Kier molecular flexibility index (Phi) is 5.10. The van der Waals surface area contributed by atoms with E-state index in [1.54, 1.807) is 12.7 Å². The van der Waals surface area contributed by atoms with E-state index in [1.807, 2.05) is 0 Å². The van der Waals surface area contributed by atoms with Crippen LogP contribution in [0.2, 0.25) is 18.1 Å². The van der Waals surface area contributed by atoms with Crippen molar-refractivity contribution in [1.29, 1.82) is 0 Å². The minimum atomic E-state index is -1.75. The molecule has 0 aliphatic heterocycles. The van der Waals surface area contributed by atoms with Crippen molar-refractivity contribution in [2.24, 2.45) is 17.3 Å². The molecule has 29 heavy (non-hydrogen) atoms. The highest BCUT2D eigenvalue weighted by Crippen LogP contribution is 2.63. The lowest BCUT2D eigenvalue weighted by atomic mass is 9.55. The maximum Gasteiger partial charge on any atom is 0.192 e. The molecule has 5 atom stereocenters. The molecule has 0 N–H and O–H groups in total. The zero-order chi connectivity index (χ0) is 21.2. The van der Waals surface area contributed by atoms with E-state index in [2.05, 4.69) is 72.0 Å². The first-order valence-electron chi connectivity index (χ1n) is 11.5. The van der Waals surface area contributed by atoms with Gasteiger partial charge in [0, 0.05) is 0 Å². The van der Waals surface area contributed by atoms with Gasteiger partial charge in [0.1, 0.15) is 5.75 Å². The summed E-state index contributed by atoms with van der Waals surface area (Å²) in [5, 5.41) is 0.275. The van der Waals surface area contributed by atoms with Crippen molar-refractivity contribution in [3.8, 4) is 5.75 Å². The second-order valence-corrected chi connectivity index (χ2v) is 16.4. The van der Waals surface area contributed by atoms with Crippen molar-refractivity contribution in [2.75, 3.05) is 7.11 Å². The van der Waals surface area contributed by atoms with Gasteiger partial charge in [-0.2, -0.15) is 0 Å². The van der Waals surface area contributed by atoms with Gasteiger partial charge in [0.05, 0.1) is 13.2 Å². The normalized spacial score (nSPS) is 34.1. The molecule has 0 spiro atoms. The summed E-state index contributed by atoms with van der Waals surface area (Å²) in [6.07, 6.45) is 7.98. The van der Waals surface area contributed by atoms with Gasteiger partial charge in [0.2, 0.25) is 0 Å². The number of ether oxygens (including phenoxy) is 1. The van der Waals surface area contributed by atoms with E-state index in [-0.39, 0.29) is 5.04 Å². The number of hydrogen-bond acceptors (Lipinski definition) is 2. The van der Waals surface area contributed by atoms with Crippen molar-refractivity contribution in [3.63, 3.8) is 0 Å². The molecule has 3 heteroatoms. The van der Waals surface area contributed by atoms with Gasteiger partial charge in [-0.15, -0.1) is 0 Å². The Morgan fingerprint density at radius 2 is 1.83 bits per heavy atom. The maximum atomic E-state index is 7.05. The molecule has 3 aliphatic rings. The fourth-order valence-electron chi connectivity index (χ4n) is 6.29. The summed E-state index contributed by atoms with van der Waals surface area (Å²) in [4.78, 5) is 0. The van der Waals surface area contributed by atoms with Crippen LogP contribution < -0.4 is 4.74 Å². The molecule has 0 radical (unpaired) electrons. The first-order valence-corrected chi connectivity index (χ1v) is 14.4. The number of allylic oxidation sites excluding steroid dienone is 1. The van der Waals surface area contributed by atoms with Gasteiger partial charge in [-0.25, -0.2) is 0 Å². The van der Waals surface area contributed by atoms with Crippen molar-refractivity contribution in [2.45, 2.75) is 90.5 Å². The number of benzene rings is 1. The fourth-order valence-corrected chi connectivity index (χ4v) is 7.74. The SMILES string of the molecule is COc1ccc2c(c1)C=C(C)[C@@H]1[C@@H]2CC[C@]2(C)[C@@H](O[Si](C)(C)C(C)(C)C)CC[C@@H]12. The van der Waals surface area contributed by atoms with E-state index in [0.717, 1.165) is 11.7 Å². The molecular weight excluding hydrogens is 372 g/mol. The summed E-state index contributed by atoms with van der Waals surface area (Å²) in [6, 6.07) is 6.70. The van der Waals surface area contributed by atoms with Crippen LogP contribution in [0.4, 0.5) is 0 Å². The van der Waals surface area contributed by atoms with Crippen molar-refractivity contribution < 1.29 is 9.16 Å². The van der Waals surface area contributed by atoms with Crippen LogP contribution in [0.3, 0.4) is 0 Å². The van der Waals surface area contributed by atoms with Gasteiger partial charge in [-0.3, -0.25) is 0 Å². The van der Waals surface area contributed by atoms with Crippen LogP contribution in [0.25, 0.3) is 6.08 Å². The molecule has 2 saturated carbocycles. The van der Waals surface area contributed by atoms with Crippen molar-refractivity contribution >= 4 is 14.4 Å². The molecule has 0 unspecified atom stereocenters. The quantitative estimate of drug-likeness (QED) is 0.481. The van der Waals surface area contributed by atoms with Crippen molar-refractivity contribution in [1.82, 2.24) is 0 Å². The molecule has 2 fully saturated rings. The van der Waals surface area contributed by atoms with Crippen LogP contribution >= 0.6 is 0 Å². The lowest BCUT2D eigenvalue weighted by molar-refractivity contribution is -0.00357. The number of fused-ring (bicyclic) bond motifs is 5. The zero-order valence-electron chi connectivity index (χ0n) is 19.8. The van der Waals surface area contributed by atoms with Gasteiger partial charge in [0.25, 0.3) is 0 Å². The molecule has 3 aliphatic carbocycles. The van der Waals surface area contributed by atoms with Crippen LogP contribution in [-0.2, 0) is 4.43 Å². The monoisotopic (exact) mass is 412 g/mol. The Morgan fingerprint density at radius 3 is 2.48 bits per heavy atom. The first kappa shape index (κ1) is 21.2. The third kappa shape index (κ3) is 3.33. The minimum absolute atomic E-state index is 0.275. The van der Waals surface area contributed by atoms with Crippen LogP contribution in [0.15, 0.2) is 23.8 Å². The van der Waals surface area contributed by atoms with E-state index in [4.69, 9.17) is 9.16 Å². The summed E-state index contributed by atoms with van der Waals surface area (Å²) in [5.74, 6) is 3.03. The molecule has 0 saturated heterocycles. The lowest BCUT2D eigenvalue weighted by Gasteiger charge is -2.52. The summed E-state index contributed by atoms with van der Waals surface area (Å²) >= 11 is 0. The molecule has 0 heterocycles. The topological polar surface area (TPSA) is 18.5 Å². The third-order valence-corrected chi connectivity index (χ3v) is 13.5. The summed E-state index contributed by atoms with van der Waals surface area (Å²) < 4.78 is 12.5. The summed E-state index contributed by atoms with van der Waals surface area (Å²) in [5.41, 5.74) is 4.80. The molecule has 160 valence electrons. The van der Waals surface area contributed by atoms with E-state index in [9.17, 15) is 0 Å². The second-order valence-electron chi connectivity index (χ2n) is 11.6. The van der Waals surface area contributed by atoms with E-state index < -0.39 is 8.32 Å². The lowest BCUT2D eigenvalue weighted by Crippen LogP contribution is -2.50.